The molecule has 0 aliphatic rings. The maximum absolute atomic E-state index is 12.6. The van der Waals surface area contributed by atoms with Gasteiger partial charge in [-0.2, -0.15) is 25.3 Å². The van der Waals surface area contributed by atoms with E-state index in [1.54, 1.807) is 0 Å². The van der Waals surface area contributed by atoms with Gasteiger partial charge in [0.15, 0.2) is 17.3 Å². The lowest BCUT2D eigenvalue weighted by atomic mass is 10.1. The fourth-order valence-corrected chi connectivity index (χ4v) is 3.17. The van der Waals surface area contributed by atoms with Crippen molar-refractivity contribution < 1.29 is 38.8 Å². The van der Waals surface area contributed by atoms with E-state index in [9.17, 15) is 29.7 Å². The molecule has 0 spiro atoms. The first kappa shape index (κ1) is 23.4. The Bertz CT molecular complexity index is 1250. The van der Waals surface area contributed by atoms with Crippen molar-refractivity contribution in [2.45, 2.75) is 12.8 Å². The summed E-state index contributed by atoms with van der Waals surface area (Å²) in [4.78, 5) is 35.9. The average Bonchev–Trinajstić information content (AvgIpc) is 2.72. The second kappa shape index (κ2) is 9.88. The zero-order chi connectivity index (χ0) is 23.4. The molecule has 1 heterocycles. The van der Waals surface area contributed by atoms with E-state index in [1.807, 2.05) is 0 Å². The Kier molecular flexibility index (Phi) is 7.21. The second-order valence-electron chi connectivity index (χ2n) is 6.50. The first-order valence-electron chi connectivity index (χ1n) is 9.24. The third kappa shape index (κ3) is 4.94. The minimum Gasteiger partial charge on any atom is -0.507 e. The molecule has 1 aromatic heterocycles. The van der Waals surface area contributed by atoms with Gasteiger partial charge in [0.25, 0.3) is 0 Å². The van der Waals surface area contributed by atoms with Crippen LogP contribution in [-0.2, 0) is 9.59 Å². The zero-order valence-electron chi connectivity index (χ0n) is 16.4. The number of carbonyl (C=O) groups excluding carboxylic acids is 2. The number of benzene rings is 2. The fourth-order valence-electron chi connectivity index (χ4n) is 2.80. The molecule has 32 heavy (non-hydrogen) atoms. The van der Waals surface area contributed by atoms with E-state index >= 15 is 0 Å². The predicted molar refractivity (Wildman–Crippen MR) is 121 cm³/mol. The normalized spacial score (nSPS) is 10.8. The lowest BCUT2D eigenvalue weighted by molar-refractivity contribution is -0.134. The van der Waals surface area contributed by atoms with Crippen LogP contribution in [0.5, 0.6) is 28.7 Å². The Hall–Kier alpha value is -3.31. The number of ether oxygens (including phenoxy) is 2. The Morgan fingerprint density at radius 3 is 2.19 bits per heavy atom. The Labute approximate surface area is 192 Å². The van der Waals surface area contributed by atoms with Crippen molar-refractivity contribution in [3.8, 4) is 40.1 Å². The van der Waals surface area contributed by atoms with Gasteiger partial charge in [-0.25, -0.2) is 0 Å². The SMILES string of the molecule is O=C(CCS)Oc1cc(O)c2c(=O)c(O)c(-c3ccc(OC(=O)CCS)c(O)c3)oc2c1. The molecule has 0 aliphatic heterocycles. The van der Waals surface area contributed by atoms with Gasteiger partial charge in [0, 0.05) is 29.2 Å². The highest BCUT2D eigenvalue weighted by Crippen LogP contribution is 2.38. The van der Waals surface area contributed by atoms with Gasteiger partial charge in [-0.3, -0.25) is 14.4 Å². The number of carbonyl (C=O) groups is 2. The summed E-state index contributed by atoms with van der Waals surface area (Å²) >= 11 is 7.87. The van der Waals surface area contributed by atoms with Crippen LogP contribution < -0.4 is 14.9 Å². The molecule has 0 amide bonds. The highest BCUT2D eigenvalue weighted by molar-refractivity contribution is 7.80. The number of phenolic OH excluding ortho intramolecular Hbond substituents is 2. The predicted octanol–water partition coefficient (Wildman–Crippen LogP) is 3.03. The molecule has 2 aromatic carbocycles. The lowest BCUT2D eigenvalue weighted by Gasteiger charge is -2.11. The maximum atomic E-state index is 12.6. The number of hydrogen-bond acceptors (Lipinski definition) is 11. The van der Waals surface area contributed by atoms with Crippen molar-refractivity contribution in [2.75, 3.05) is 11.5 Å². The molecule has 0 saturated carbocycles. The van der Waals surface area contributed by atoms with Crippen LogP contribution in [0, 0.1) is 0 Å². The second-order valence-corrected chi connectivity index (χ2v) is 7.40. The van der Waals surface area contributed by atoms with Crippen LogP contribution in [0.4, 0.5) is 0 Å². The number of fused-ring (bicyclic) bond motifs is 1. The Balaban J connectivity index is 2.06. The van der Waals surface area contributed by atoms with Crippen molar-refractivity contribution in [1.82, 2.24) is 0 Å². The minimum atomic E-state index is -0.934. The van der Waals surface area contributed by atoms with Crippen molar-refractivity contribution in [3.05, 3.63) is 40.6 Å². The van der Waals surface area contributed by atoms with Gasteiger partial charge >= 0.3 is 11.9 Å². The summed E-state index contributed by atoms with van der Waals surface area (Å²) < 4.78 is 15.7. The van der Waals surface area contributed by atoms with Gasteiger partial charge in [-0.05, 0) is 18.2 Å². The van der Waals surface area contributed by atoms with E-state index in [4.69, 9.17) is 13.9 Å². The molecule has 3 rings (SSSR count). The number of thiol groups is 2. The standard InChI is InChI=1S/C21H18O9S2/c22-12-7-10(1-2-14(12)29-17(25)4-6-32)21-20(27)19(26)18-13(23)8-11(9-15(18)30-21)28-16(24)3-5-31/h1-2,7-9,22-23,27,31-32H,3-6H2. The average molecular weight is 479 g/mol. The molecule has 0 aliphatic carbocycles. The van der Waals surface area contributed by atoms with E-state index in [2.05, 4.69) is 25.3 Å². The number of esters is 2. The molecule has 3 N–H and O–H groups in total. The van der Waals surface area contributed by atoms with Crippen LogP contribution in [-0.4, -0.2) is 38.8 Å². The van der Waals surface area contributed by atoms with Crippen LogP contribution in [0.1, 0.15) is 12.8 Å². The number of hydrogen-bond donors (Lipinski definition) is 5. The summed E-state index contributed by atoms with van der Waals surface area (Å²) in [6, 6.07) is 6.00. The minimum absolute atomic E-state index is 0.0247. The Morgan fingerprint density at radius 1 is 0.906 bits per heavy atom. The molecule has 0 atom stereocenters. The van der Waals surface area contributed by atoms with Gasteiger partial charge < -0.3 is 29.2 Å². The maximum Gasteiger partial charge on any atom is 0.312 e. The molecule has 168 valence electrons. The van der Waals surface area contributed by atoms with Crippen molar-refractivity contribution in [2.24, 2.45) is 0 Å². The molecular formula is C21H18O9S2. The quantitative estimate of drug-likeness (QED) is 0.197. The molecule has 0 radical (unpaired) electrons. The third-order valence-corrected chi connectivity index (χ3v) is 4.68. The highest BCUT2D eigenvalue weighted by Gasteiger charge is 2.21. The summed E-state index contributed by atoms with van der Waals surface area (Å²) in [6.45, 7) is 0. The number of rotatable bonds is 7. The zero-order valence-corrected chi connectivity index (χ0v) is 18.2. The molecule has 0 fully saturated rings. The molecule has 0 saturated heterocycles. The van der Waals surface area contributed by atoms with Gasteiger partial charge in [0.1, 0.15) is 22.5 Å². The fraction of sp³-hybridized carbons (Fsp3) is 0.190. The van der Waals surface area contributed by atoms with Gasteiger partial charge in [-0.1, -0.05) is 0 Å². The van der Waals surface area contributed by atoms with E-state index in [1.165, 1.54) is 18.2 Å². The number of phenols is 2. The van der Waals surface area contributed by atoms with Gasteiger partial charge in [0.05, 0.1) is 12.8 Å². The van der Waals surface area contributed by atoms with Crippen molar-refractivity contribution in [1.29, 1.82) is 0 Å². The molecule has 0 bridgehead atoms. The van der Waals surface area contributed by atoms with Crippen LogP contribution in [0.2, 0.25) is 0 Å². The van der Waals surface area contributed by atoms with Crippen molar-refractivity contribution >= 4 is 48.2 Å². The van der Waals surface area contributed by atoms with E-state index in [0.717, 1.165) is 12.1 Å². The first-order chi connectivity index (χ1) is 15.2. The highest BCUT2D eigenvalue weighted by atomic mass is 32.1. The molecule has 3 aromatic rings. The summed E-state index contributed by atoms with van der Waals surface area (Å²) in [5, 5.41) is 30.4. The molecule has 9 nitrogen and oxygen atoms in total. The summed E-state index contributed by atoms with van der Waals surface area (Å²) in [5.74, 6) is -2.99. The largest absolute Gasteiger partial charge is 0.507 e. The van der Waals surface area contributed by atoms with E-state index in [-0.39, 0.29) is 58.1 Å². The van der Waals surface area contributed by atoms with Crippen LogP contribution in [0.25, 0.3) is 22.3 Å². The van der Waals surface area contributed by atoms with Crippen LogP contribution in [0.3, 0.4) is 0 Å². The summed E-state index contributed by atoms with van der Waals surface area (Å²) in [6.07, 6.45) is 0.0614. The molecule has 11 heteroatoms. The van der Waals surface area contributed by atoms with Crippen LogP contribution >= 0.6 is 25.3 Å². The number of aromatic hydroxyl groups is 3. The van der Waals surface area contributed by atoms with E-state index < -0.39 is 34.6 Å². The van der Waals surface area contributed by atoms with Crippen LogP contribution in [0.15, 0.2) is 39.5 Å². The lowest BCUT2D eigenvalue weighted by Crippen LogP contribution is -2.09. The first-order valence-corrected chi connectivity index (χ1v) is 10.5. The molecule has 0 unspecified atom stereocenters. The third-order valence-electron chi connectivity index (χ3n) is 4.23. The summed E-state index contributed by atoms with van der Waals surface area (Å²) in [5.41, 5.74) is -1.01. The smallest absolute Gasteiger partial charge is 0.312 e. The van der Waals surface area contributed by atoms with Crippen molar-refractivity contribution in [3.63, 3.8) is 0 Å². The molecular weight excluding hydrogens is 460 g/mol. The van der Waals surface area contributed by atoms with Gasteiger partial charge in [-0.15, -0.1) is 0 Å². The van der Waals surface area contributed by atoms with E-state index in [0.29, 0.717) is 0 Å². The van der Waals surface area contributed by atoms with Gasteiger partial charge in [0.2, 0.25) is 11.2 Å². The summed E-state index contributed by atoms with van der Waals surface area (Å²) in [7, 11) is 0. The Morgan fingerprint density at radius 2 is 1.56 bits per heavy atom. The monoisotopic (exact) mass is 478 g/mol. The topological polar surface area (TPSA) is 144 Å².